The SMILES string of the molecule is CC(C)(C)OC(=O)c1ccc(-c2ccc(NS(C)(=O)=O)cc2)cc1N.CC(C)(C)OC(=O)c1ccc(-c2ccc(NS(C)(=O)=O)cc2)cc1Nc1ccc2c(c1)OCO2.CS(=O)(=O)Nc1ccc(-c2ccc(C(=O)O)c(Nc3ccc4c(c3)OCO4)c2)cc1. The van der Waals surface area contributed by atoms with Crippen LogP contribution in [-0.2, 0) is 39.5 Å². The number of ether oxygens (including phenoxy) is 6. The summed E-state index contributed by atoms with van der Waals surface area (Å²) in [6.45, 7) is 11.1. The molecule has 0 aromatic heterocycles. The normalized spacial score (nSPS) is 12.4. The van der Waals surface area contributed by atoms with Gasteiger partial charge >= 0.3 is 17.9 Å². The molecule has 0 saturated heterocycles. The summed E-state index contributed by atoms with van der Waals surface area (Å²) in [6.07, 6.45) is 3.28. The minimum Gasteiger partial charge on any atom is -0.478 e. The molecule has 8 aromatic rings. The number of esters is 2. The van der Waals surface area contributed by atoms with Crippen molar-refractivity contribution in [3.8, 4) is 56.4 Å². The number of nitrogens with two attached hydrogens (primary N) is 1. The van der Waals surface area contributed by atoms with E-state index in [2.05, 4.69) is 24.8 Å². The van der Waals surface area contributed by atoms with Crippen molar-refractivity contribution in [1.82, 2.24) is 0 Å². The van der Waals surface area contributed by atoms with Crippen molar-refractivity contribution >= 4 is 93.5 Å². The molecule has 8 aromatic carbocycles. The lowest BCUT2D eigenvalue weighted by Gasteiger charge is -2.21. The fourth-order valence-corrected chi connectivity index (χ4v) is 10.4. The van der Waals surface area contributed by atoms with Crippen LogP contribution < -0.4 is 49.5 Å². The summed E-state index contributed by atoms with van der Waals surface area (Å²) in [4.78, 5) is 36.7. The third kappa shape index (κ3) is 19.0. The van der Waals surface area contributed by atoms with Gasteiger partial charge in [-0.05, 0) is 172 Å². The molecule has 2 heterocycles. The zero-order valence-electron chi connectivity index (χ0n) is 49.9. The van der Waals surface area contributed by atoms with Crippen molar-refractivity contribution in [3.63, 3.8) is 0 Å². The van der Waals surface area contributed by atoms with Crippen LogP contribution in [0.5, 0.6) is 23.0 Å². The van der Waals surface area contributed by atoms with Crippen molar-refractivity contribution in [2.45, 2.75) is 52.7 Å². The monoisotopic (exact) mass is 1270 g/mol. The van der Waals surface area contributed by atoms with Gasteiger partial charge in [0.15, 0.2) is 23.0 Å². The van der Waals surface area contributed by atoms with Crippen LogP contribution in [0.4, 0.5) is 45.5 Å². The van der Waals surface area contributed by atoms with Crippen molar-refractivity contribution in [2.24, 2.45) is 0 Å². The molecule has 0 saturated carbocycles. The summed E-state index contributed by atoms with van der Waals surface area (Å²) in [5.41, 5.74) is 14.6. The van der Waals surface area contributed by atoms with Crippen LogP contribution in [0.3, 0.4) is 0 Å². The summed E-state index contributed by atoms with van der Waals surface area (Å²) < 4.78 is 108. The molecular weight excluding hydrogens is 1200 g/mol. The zero-order chi connectivity index (χ0) is 64.6. The first-order valence-corrected chi connectivity index (χ1v) is 32.8. The molecule has 2 aliphatic rings. The average molecular weight is 1270 g/mol. The van der Waals surface area contributed by atoms with Crippen LogP contribution in [0, 0.1) is 0 Å². The van der Waals surface area contributed by atoms with E-state index in [0.29, 0.717) is 73.9 Å². The van der Waals surface area contributed by atoms with E-state index in [4.69, 9.17) is 34.2 Å². The summed E-state index contributed by atoms with van der Waals surface area (Å²) in [5.74, 6) is 0.526. The summed E-state index contributed by atoms with van der Waals surface area (Å²) in [5, 5.41) is 16.0. The summed E-state index contributed by atoms with van der Waals surface area (Å²) in [7, 11) is -10.0. The van der Waals surface area contributed by atoms with Crippen LogP contribution in [0.25, 0.3) is 33.4 Å². The highest BCUT2D eigenvalue weighted by Gasteiger charge is 2.24. The highest BCUT2D eigenvalue weighted by Crippen LogP contribution is 2.39. The maximum Gasteiger partial charge on any atom is 0.340 e. The molecular formula is C64H66N6O16S3. The van der Waals surface area contributed by atoms with E-state index >= 15 is 0 Å². The lowest BCUT2D eigenvalue weighted by atomic mass is 10.0. The Hall–Kier alpha value is -9.98. The molecule has 10 rings (SSSR count). The highest BCUT2D eigenvalue weighted by atomic mass is 32.2. The van der Waals surface area contributed by atoms with Crippen molar-refractivity contribution < 1.29 is 73.2 Å². The number of hydrogen-bond donors (Lipinski definition) is 7. The molecule has 89 heavy (non-hydrogen) atoms. The number of carboxylic acid groups (broad SMARTS) is 1. The molecule has 25 heteroatoms. The van der Waals surface area contributed by atoms with Gasteiger partial charge in [0.25, 0.3) is 0 Å². The lowest BCUT2D eigenvalue weighted by Crippen LogP contribution is -2.24. The molecule has 0 fully saturated rings. The number of benzene rings is 8. The molecule has 0 atom stereocenters. The van der Waals surface area contributed by atoms with Gasteiger partial charge in [-0.3, -0.25) is 14.2 Å². The van der Waals surface area contributed by atoms with Gasteiger partial charge in [-0.1, -0.05) is 54.6 Å². The van der Waals surface area contributed by atoms with E-state index in [0.717, 1.165) is 57.8 Å². The maximum absolute atomic E-state index is 12.9. The van der Waals surface area contributed by atoms with E-state index in [1.807, 2.05) is 39.0 Å². The molecule has 22 nitrogen and oxygen atoms in total. The van der Waals surface area contributed by atoms with Gasteiger partial charge in [-0.25, -0.2) is 39.6 Å². The van der Waals surface area contributed by atoms with Crippen molar-refractivity contribution in [3.05, 3.63) is 180 Å². The number of sulfonamides is 3. The van der Waals surface area contributed by atoms with Crippen LogP contribution in [-0.4, -0.2) is 91.8 Å². The molecule has 0 unspecified atom stereocenters. The van der Waals surface area contributed by atoms with Crippen LogP contribution in [0.1, 0.15) is 72.6 Å². The highest BCUT2D eigenvalue weighted by molar-refractivity contribution is 7.92. The largest absolute Gasteiger partial charge is 0.478 e. The number of nitrogen functional groups attached to an aromatic ring is 1. The van der Waals surface area contributed by atoms with Gasteiger partial charge in [-0.15, -0.1) is 0 Å². The van der Waals surface area contributed by atoms with E-state index in [9.17, 15) is 44.7 Å². The fraction of sp³-hybridized carbons (Fsp3) is 0.203. The van der Waals surface area contributed by atoms with Crippen LogP contribution >= 0.6 is 0 Å². The number of nitrogens with one attached hydrogen (secondary N) is 5. The predicted octanol–water partition coefficient (Wildman–Crippen LogP) is 12.3. The van der Waals surface area contributed by atoms with Gasteiger partial charge < -0.3 is 49.9 Å². The molecule has 8 N–H and O–H groups in total. The number of carboxylic acids is 1. The molecule has 0 amide bonds. The second kappa shape index (κ2) is 26.6. The van der Waals surface area contributed by atoms with Gasteiger partial charge in [-0.2, -0.15) is 0 Å². The third-order valence-electron chi connectivity index (χ3n) is 12.4. The molecule has 0 radical (unpaired) electrons. The lowest BCUT2D eigenvalue weighted by molar-refractivity contribution is 0.00581. The summed E-state index contributed by atoms with van der Waals surface area (Å²) in [6, 6.07) is 46.8. The Bertz CT molecular complexity index is 4300. The average Bonchev–Trinajstić information content (AvgIpc) is 1.63. The van der Waals surface area contributed by atoms with Gasteiger partial charge in [0.1, 0.15) is 11.2 Å². The Labute approximate surface area is 516 Å². The number of carbonyl (C=O) groups is 3. The number of carbonyl (C=O) groups excluding carboxylic acids is 2. The molecule has 466 valence electrons. The molecule has 0 spiro atoms. The van der Waals surface area contributed by atoms with Crippen LogP contribution in [0.15, 0.2) is 164 Å². The second-order valence-corrected chi connectivity index (χ2v) is 27.6. The second-order valence-electron chi connectivity index (χ2n) is 22.4. The van der Waals surface area contributed by atoms with Gasteiger partial charge in [0, 0.05) is 46.3 Å². The van der Waals surface area contributed by atoms with Gasteiger partial charge in [0.05, 0.1) is 46.8 Å². The van der Waals surface area contributed by atoms with Crippen molar-refractivity contribution in [1.29, 1.82) is 0 Å². The fourth-order valence-electron chi connectivity index (χ4n) is 8.71. The maximum atomic E-state index is 12.9. The first kappa shape index (κ1) is 65.0. The quantitative estimate of drug-likeness (QED) is 0.0349. The van der Waals surface area contributed by atoms with Crippen LogP contribution in [0.2, 0.25) is 0 Å². The number of anilines is 8. The Morgan fingerprint density at radius 2 is 0.708 bits per heavy atom. The third-order valence-corrected chi connectivity index (χ3v) is 14.2. The number of aromatic carboxylic acids is 1. The first-order chi connectivity index (χ1) is 41.7. The van der Waals surface area contributed by atoms with Crippen molar-refractivity contribution in [2.75, 3.05) is 62.9 Å². The van der Waals surface area contributed by atoms with Gasteiger partial charge in [0.2, 0.25) is 43.7 Å². The Kier molecular flexibility index (Phi) is 19.4. The minimum absolute atomic E-state index is 0.117. The van der Waals surface area contributed by atoms with E-state index in [-0.39, 0.29) is 19.1 Å². The smallest absolute Gasteiger partial charge is 0.340 e. The molecule has 2 aliphatic heterocycles. The number of fused-ring (bicyclic) bond motifs is 2. The number of hydrogen-bond acceptors (Lipinski definition) is 18. The minimum atomic E-state index is -3.36. The Balaban J connectivity index is 0.000000175. The first-order valence-electron chi connectivity index (χ1n) is 27.2. The molecule has 0 aliphatic carbocycles. The Morgan fingerprint density at radius 1 is 0.404 bits per heavy atom. The van der Waals surface area contributed by atoms with E-state index in [1.165, 1.54) is 6.07 Å². The predicted molar refractivity (Wildman–Crippen MR) is 344 cm³/mol. The zero-order valence-corrected chi connectivity index (χ0v) is 52.3. The topological polar surface area (TPSA) is 315 Å². The standard InChI is InChI=1S/C25H26N2O6S.C21H18N2O6S.C18H22N2O4S/c1-25(2,3)33-24(28)20-11-7-17(16-5-8-18(9-6-16)27-34(4,29)30)13-21(20)26-19-10-12-22-23(14-19)32-15-31-22;1-30(26,27)23-15-5-2-13(3-6-15)14-4-8-17(21(24)25)18(10-14)22-16-7-9-19-20(11-16)29-12-28-19;1-18(2,3)24-17(21)15-10-7-13(11-16(15)19)12-5-8-14(9-6-12)20-25(4,22)23/h5-14,26-27H,15H2,1-4H3;2-11,22-23H,12H2,1H3,(H,24,25);5-11,20H,19H2,1-4H3. The summed E-state index contributed by atoms with van der Waals surface area (Å²) >= 11 is 0. The Morgan fingerprint density at radius 3 is 1.06 bits per heavy atom. The molecule has 0 bridgehead atoms. The number of rotatable bonds is 16. The van der Waals surface area contributed by atoms with E-state index < -0.39 is 59.2 Å². The van der Waals surface area contributed by atoms with E-state index in [1.54, 1.807) is 160 Å².